The van der Waals surface area contributed by atoms with E-state index in [0.717, 1.165) is 73.6 Å². The number of hydrogen-bond acceptors (Lipinski definition) is 7. The van der Waals surface area contributed by atoms with Crippen molar-refractivity contribution in [2.45, 2.75) is 24.2 Å². The van der Waals surface area contributed by atoms with Gasteiger partial charge in [-0.25, -0.2) is 13.4 Å². The van der Waals surface area contributed by atoms with Crippen LogP contribution >= 0.6 is 11.3 Å². The highest BCUT2D eigenvalue weighted by Crippen LogP contribution is 2.33. The molecule has 6 rings (SSSR count). The van der Waals surface area contributed by atoms with Gasteiger partial charge in [-0.15, -0.1) is 0 Å². The molecule has 40 heavy (non-hydrogen) atoms. The lowest BCUT2D eigenvalue weighted by Gasteiger charge is -2.30. The maximum Gasteiger partial charge on any atom is 0.264 e. The third-order valence-electron chi connectivity index (χ3n) is 7.48. The van der Waals surface area contributed by atoms with Gasteiger partial charge in [0.2, 0.25) is 0 Å². The average molecular weight is 577 g/mol. The number of aryl methyl sites for hydroxylation is 1. The number of morpholine rings is 1. The lowest BCUT2D eigenvalue weighted by molar-refractivity contribution is 0.0376. The molecule has 0 N–H and O–H groups in total. The first-order chi connectivity index (χ1) is 19.5. The summed E-state index contributed by atoms with van der Waals surface area (Å²) in [7, 11) is -3.75. The Bertz CT molecular complexity index is 1560. The van der Waals surface area contributed by atoms with E-state index in [0.29, 0.717) is 23.8 Å². The fraction of sp³-hybridized carbons (Fsp3) is 0.333. The van der Waals surface area contributed by atoms with Crippen LogP contribution in [0.1, 0.15) is 28.8 Å². The number of aromatic nitrogens is 1. The number of amides is 1. The van der Waals surface area contributed by atoms with E-state index in [1.165, 1.54) is 15.6 Å². The van der Waals surface area contributed by atoms with Crippen LogP contribution in [-0.4, -0.2) is 70.1 Å². The number of rotatable bonds is 8. The molecule has 4 aromatic rings. The van der Waals surface area contributed by atoms with Gasteiger partial charge in [-0.05, 0) is 67.3 Å². The van der Waals surface area contributed by atoms with Crippen LogP contribution in [-0.2, 0) is 21.2 Å². The number of nitrogens with zero attached hydrogens (tertiary/aromatic N) is 4. The topological polar surface area (TPSA) is 83.1 Å². The normalized spacial score (nSPS) is 16.1. The Morgan fingerprint density at radius 1 is 0.950 bits per heavy atom. The maximum atomic E-state index is 13.8. The van der Waals surface area contributed by atoms with Crippen molar-refractivity contribution < 1.29 is 17.9 Å². The summed E-state index contributed by atoms with van der Waals surface area (Å²) in [6.07, 6.45) is 2.43. The van der Waals surface area contributed by atoms with Crippen molar-refractivity contribution in [1.29, 1.82) is 0 Å². The smallest absolute Gasteiger partial charge is 0.264 e. The molecular formula is C30H32N4O4S2. The van der Waals surface area contributed by atoms with Crippen molar-refractivity contribution in [2.24, 2.45) is 0 Å². The molecule has 8 nitrogen and oxygen atoms in total. The lowest BCUT2D eigenvalue weighted by Crippen LogP contribution is -2.39. The van der Waals surface area contributed by atoms with Crippen molar-refractivity contribution in [1.82, 2.24) is 9.88 Å². The Morgan fingerprint density at radius 2 is 1.70 bits per heavy atom. The molecule has 1 aromatic heterocycles. The Hall–Kier alpha value is -3.31. The van der Waals surface area contributed by atoms with E-state index in [1.54, 1.807) is 29.2 Å². The second-order valence-electron chi connectivity index (χ2n) is 10.1. The van der Waals surface area contributed by atoms with Crippen molar-refractivity contribution in [2.75, 3.05) is 55.1 Å². The van der Waals surface area contributed by atoms with Crippen LogP contribution in [0.3, 0.4) is 0 Å². The van der Waals surface area contributed by atoms with E-state index < -0.39 is 10.0 Å². The monoisotopic (exact) mass is 576 g/mol. The first-order valence-electron chi connectivity index (χ1n) is 13.7. The number of benzene rings is 3. The lowest BCUT2D eigenvalue weighted by atomic mass is 10.0. The summed E-state index contributed by atoms with van der Waals surface area (Å²) >= 11 is 1.49. The number of fused-ring (bicyclic) bond motifs is 2. The third kappa shape index (κ3) is 5.49. The second-order valence-corrected chi connectivity index (χ2v) is 12.9. The van der Waals surface area contributed by atoms with E-state index in [9.17, 15) is 13.2 Å². The Balaban J connectivity index is 1.24. The fourth-order valence-electron chi connectivity index (χ4n) is 5.34. The molecule has 0 spiro atoms. The van der Waals surface area contributed by atoms with E-state index in [2.05, 4.69) is 4.90 Å². The van der Waals surface area contributed by atoms with Gasteiger partial charge in [0.15, 0.2) is 5.13 Å². The van der Waals surface area contributed by atoms with Crippen LogP contribution in [0.5, 0.6) is 0 Å². The number of hydrogen-bond donors (Lipinski definition) is 0. The molecule has 0 radical (unpaired) electrons. The van der Waals surface area contributed by atoms with Crippen molar-refractivity contribution >= 4 is 48.3 Å². The van der Waals surface area contributed by atoms with Gasteiger partial charge in [-0.2, -0.15) is 0 Å². The summed E-state index contributed by atoms with van der Waals surface area (Å²) in [4.78, 5) is 22.8. The van der Waals surface area contributed by atoms with Crippen molar-refractivity contribution in [3.05, 3.63) is 83.9 Å². The van der Waals surface area contributed by atoms with Crippen LogP contribution in [0, 0.1) is 0 Å². The number of ether oxygens (including phenoxy) is 1. The average Bonchev–Trinajstić information content (AvgIpc) is 3.43. The number of carbonyl (C=O) groups excluding carboxylic acids is 1. The number of thiazole rings is 1. The second kappa shape index (κ2) is 11.7. The summed E-state index contributed by atoms with van der Waals surface area (Å²) in [5, 5.41) is 0.648. The predicted octanol–water partition coefficient (Wildman–Crippen LogP) is 4.81. The van der Waals surface area contributed by atoms with Crippen LogP contribution in [0.2, 0.25) is 0 Å². The molecule has 3 heterocycles. The molecule has 0 unspecified atom stereocenters. The molecule has 1 amide bonds. The van der Waals surface area contributed by atoms with E-state index in [4.69, 9.17) is 9.72 Å². The van der Waals surface area contributed by atoms with Crippen LogP contribution < -0.4 is 9.21 Å². The summed E-state index contributed by atoms with van der Waals surface area (Å²) < 4.78 is 35.1. The SMILES string of the molecule is O=C(c1ccc(S(=O)(=O)N2CCCc3ccccc32)cc1)N(CCCN1CCOCC1)c1nc2ccccc2s1. The zero-order valence-electron chi connectivity index (χ0n) is 22.2. The van der Waals surface area contributed by atoms with Crippen molar-refractivity contribution in [3.8, 4) is 0 Å². The summed E-state index contributed by atoms with van der Waals surface area (Å²) in [5.74, 6) is -0.187. The zero-order valence-corrected chi connectivity index (χ0v) is 23.9. The van der Waals surface area contributed by atoms with Gasteiger partial charge < -0.3 is 4.74 Å². The quantitative estimate of drug-likeness (QED) is 0.300. The van der Waals surface area contributed by atoms with Gasteiger partial charge in [0.25, 0.3) is 15.9 Å². The molecule has 2 aliphatic rings. The zero-order chi connectivity index (χ0) is 27.5. The first-order valence-corrected chi connectivity index (χ1v) is 15.9. The molecule has 0 saturated carbocycles. The van der Waals surface area contributed by atoms with Gasteiger partial charge in [0, 0.05) is 38.3 Å². The molecule has 0 aliphatic carbocycles. The van der Waals surface area contributed by atoms with E-state index >= 15 is 0 Å². The standard InChI is InChI=1S/C30H32N4O4S2/c35-29(24-12-14-25(15-13-24)40(36,37)34-18-5-8-23-7-1-3-10-27(23)34)33(17-6-16-32-19-21-38-22-20-32)30-31-26-9-2-4-11-28(26)39-30/h1-4,7,9-15H,5-6,8,16-22H2. The van der Waals surface area contributed by atoms with Gasteiger partial charge in [0.1, 0.15) is 0 Å². The Morgan fingerprint density at radius 3 is 2.50 bits per heavy atom. The summed E-state index contributed by atoms with van der Waals surface area (Å²) in [5.41, 5.74) is 3.06. The minimum Gasteiger partial charge on any atom is -0.379 e. The van der Waals surface area contributed by atoms with E-state index in [1.807, 2.05) is 48.5 Å². The molecule has 3 aromatic carbocycles. The van der Waals surface area contributed by atoms with E-state index in [-0.39, 0.29) is 10.8 Å². The highest BCUT2D eigenvalue weighted by atomic mass is 32.2. The first kappa shape index (κ1) is 26.9. The largest absolute Gasteiger partial charge is 0.379 e. The van der Waals surface area contributed by atoms with Crippen molar-refractivity contribution in [3.63, 3.8) is 0 Å². The Kier molecular flexibility index (Phi) is 7.84. The fourth-order valence-corrected chi connectivity index (χ4v) is 7.87. The molecule has 0 bridgehead atoms. The number of carbonyl (C=O) groups is 1. The number of para-hydroxylation sites is 2. The number of anilines is 2. The molecule has 1 saturated heterocycles. The summed E-state index contributed by atoms with van der Waals surface area (Å²) in [6, 6.07) is 21.8. The molecule has 208 valence electrons. The molecule has 0 atom stereocenters. The highest BCUT2D eigenvalue weighted by Gasteiger charge is 2.29. The molecule has 1 fully saturated rings. The van der Waals surface area contributed by atoms with Crippen LogP contribution in [0.4, 0.5) is 10.8 Å². The van der Waals surface area contributed by atoms with Crippen LogP contribution in [0.15, 0.2) is 77.7 Å². The van der Waals surface area contributed by atoms with Gasteiger partial charge in [0.05, 0.1) is 34.0 Å². The molecule has 2 aliphatic heterocycles. The predicted molar refractivity (Wildman–Crippen MR) is 159 cm³/mol. The van der Waals surface area contributed by atoms with Gasteiger partial charge in [-0.1, -0.05) is 41.7 Å². The number of sulfonamides is 1. The maximum absolute atomic E-state index is 13.8. The minimum absolute atomic E-state index is 0.180. The third-order valence-corrected chi connectivity index (χ3v) is 10.4. The van der Waals surface area contributed by atoms with Gasteiger partial charge >= 0.3 is 0 Å². The Labute approximate surface area is 238 Å². The molecular weight excluding hydrogens is 544 g/mol. The van der Waals surface area contributed by atoms with Gasteiger partial charge in [-0.3, -0.25) is 18.9 Å². The highest BCUT2D eigenvalue weighted by molar-refractivity contribution is 7.92. The summed E-state index contributed by atoms with van der Waals surface area (Å²) in [6.45, 7) is 5.08. The minimum atomic E-state index is -3.75. The molecule has 10 heteroatoms. The van der Waals surface area contributed by atoms with Crippen LogP contribution in [0.25, 0.3) is 10.2 Å².